The maximum atomic E-state index is 12.8. The first-order chi connectivity index (χ1) is 10.0. The number of hydrogen-bond donors (Lipinski definition) is 0. The minimum absolute atomic E-state index is 0.230. The first kappa shape index (κ1) is 13.4. The van der Waals surface area contributed by atoms with Crippen molar-refractivity contribution in [3.8, 4) is 6.07 Å². The van der Waals surface area contributed by atoms with E-state index in [2.05, 4.69) is 0 Å². The molecule has 2 aromatic carbocycles. The van der Waals surface area contributed by atoms with Crippen molar-refractivity contribution in [3.63, 3.8) is 0 Å². The van der Waals surface area contributed by atoms with E-state index in [0.29, 0.717) is 16.8 Å². The molecule has 0 aliphatic rings. The molecule has 1 aromatic heterocycles. The van der Waals surface area contributed by atoms with Crippen molar-refractivity contribution in [1.82, 2.24) is 3.97 Å². The van der Waals surface area contributed by atoms with Crippen molar-refractivity contribution in [2.75, 3.05) is 0 Å². The highest BCUT2D eigenvalue weighted by atomic mass is 32.2. The molecule has 4 nitrogen and oxygen atoms in total. The molecule has 0 atom stereocenters. The van der Waals surface area contributed by atoms with Crippen LogP contribution in [0.5, 0.6) is 0 Å². The van der Waals surface area contributed by atoms with Crippen molar-refractivity contribution >= 4 is 20.9 Å². The number of nitrogens with zero attached hydrogens (tertiary/aromatic N) is 2. The lowest BCUT2D eigenvalue weighted by molar-refractivity contribution is 0.588. The van der Waals surface area contributed by atoms with Crippen LogP contribution in [0.15, 0.2) is 59.5 Å². The zero-order valence-electron chi connectivity index (χ0n) is 11.3. The van der Waals surface area contributed by atoms with Crippen LogP contribution in [0.25, 0.3) is 10.9 Å². The SMILES string of the molecule is Cc1cc2ccc(C#N)cc2n1S(=O)(=O)c1ccccc1. The van der Waals surface area contributed by atoms with Crippen LogP contribution in [0.1, 0.15) is 11.3 Å². The minimum Gasteiger partial charge on any atom is -0.238 e. The van der Waals surface area contributed by atoms with Crippen molar-refractivity contribution in [1.29, 1.82) is 5.26 Å². The van der Waals surface area contributed by atoms with E-state index in [1.807, 2.05) is 6.07 Å². The van der Waals surface area contributed by atoms with Gasteiger partial charge in [0.15, 0.2) is 0 Å². The number of aryl methyl sites for hydroxylation is 1. The summed E-state index contributed by atoms with van der Waals surface area (Å²) in [6, 6.07) is 17.2. The first-order valence-corrected chi connectivity index (χ1v) is 7.81. The molecule has 0 amide bonds. The van der Waals surface area contributed by atoms with Gasteiger partial charge in [0.2, 0.25) is 0 Å². The molecule has 104 valence electrons. The summed E-state index contributed by atoms with van der Waals surface area (Å²) < 4.78 is 26.9. The van der Waals surface area contributed by atoms with Crippen LogP contribution in [-0.2, 0) is 10.0 Å². The molecule has 0 aliphatic heterocycles. The van der Waals surface area contributed by atoms with E-state index >= 15 is 0 Å². The Kier molecular flexibility index (Phi) is 3.04. The van der Waals surface area contributed by atoms with Crippen molar-refractivity contribution in [3.05, 3.63) is 65.9 Å². The summed E-state index contributed by atoms with van der Waals surface area (Å²) >= 11 is 0. The van der Waals surface area contributed by atoms with Crippen molar-refractivity contribution < 1.29 is 8.42 Å². The monoisotopic (exact) mass is 296 g/mol. The highest BCUT2D eigenvalue weighted by molar-refractivity contribution is 7.90. The summed E-state index contributed by atoms with van der Waals surface area (Å²) in [5.41, 5.74) is 1.57. The van der Waals surface area contributed by atoms with Crippen LogP contribution >= 0.6 is 0 Å². The third-order valence-corrected chi connectivity index (χ3v) is 5.18. The van der Waals surface area contributed by atoms with Crippen LogP contribution in [0.3, 0.4) is 0 Å². The van der Waals surface area contributed by atoms with Crippen LogP contribution in [0.2, 0.25) is 0 Å². The standard InChI is InChI=1S/C16H12N2O2S/c1-12-9-14-8-7-13(11-17)10-16(14)18(12)21(19,20)15-5-3-2-4-6-15/h2-10H,1H3. The summed E-state index contributed by atoms with van der Waals surface area (Å²) in [4.78, 5) is 0.230. The number of hydrogen-bond acceptors (Lipinski definition) is 3. The summed E-state index contributed by atoms with van der Waals surface area (Å²) in [5, 5.41) is 9.80. The van der Waals surface area contributed by atoms with E-state index in [-0.39, 0.29) is 4.90 Å². The van der Waals surface area contributed by atoms with Crippen LogP contribution in [0.4, 0.5) is 0 Å². The summed E-state index contributed by atoms with van der Waals surface area (Å²) in [6.45, 7) is 1.74. The van der Waals surface area contributed by atoms with Gasteiger partial charge < -0.3 is 0 Å². The second-order valence-corrected chi connectivity index (χ2v) is 6.54. The molecule has 0 bridgehead atoms. The highest BCUT2D eigenvalue weighted by Gasteiger charge is 2.21. The molecule has 3 aromatic rings. The van der Waals surface area contributed by atoms with E-state index in [9.17, 15) is 8.42 Å². The first-order valence-electron chi connectivity index (χ1n) is 6.37. The normalized spacial score (nSPS) is 11.4. The van der Waals surface area contributed by atoms with Gasteiger partial charge in [-0.05, 0) is 37.3 Å². The molecule has 0 fully saturated rings. The van der Waals surface area contributed by atoms with Gasteiger partial charge in [-0.3, -0.25) is 0 Å². The number of aromatic nitrogens is 1. The molecule has 5 heteroatoms. The molecule has 21 heavy (non-hydrogen) atoms. The predicted molar refractivity (Wildman–Crippen MR) is 80.4 cm³/mol. The molecule has 0 saturated carbocycles. The molecule has 0 unspecified atom stereocenters. The Bertz CT molecular complexity index is 965. The van der Waals surface area contributed by atoms with E-state index < -0.39 is 10.0 Å². The summed E-state index contributed by atoms with van der Waals surface area (Å²) in [7, 11) is -3.67. The average molecular weight is 296 g/mol. The van der Waals surface area contributed by atoms with Gasteiger partial charge in [-0.1, -0.05) is 24.3 Å². The largest absolute Gasteiger partial charge is 0.268 e. The molecule has 0 spiro atoms. The molecule has 3 rings (SSSR count). The fraction of sp³-hybridized carbons (Fsp3) is 0.0625. The smallest absolute Gasteiger partial charge is 0.238 e. The van der Waals surface area contributed by atoms with E-state index in [1.54, 1.807) is 61.5 Å². The van der Waals surface area contributed by atoms with Gasteiger partial charge in [0.25, 0.3) is 10.0 Å². The molecular formula is C16H12N2O2S. The summed E-state index contributed by atoms with van der Waals surface area (Å²) in [5.74, 6) is 0. The lowest BCUT2D eigenvalue weighted by Crippen LogP contribution is -2.14. The number of benzene rings is 2. The Hall–Kier alpha value is -2.58. The summed E-state index contributed by atoms with van der Waals surface area (Å²) in [6.07, 6.45) is 0. The third kappa shape index (κ3) is 2.10. The quantitative estimate of drug-likeness (QED) is 0.730. The van der Waals surface area contributed by atoms with Crippen LogP contribution in [0, 0.1) is 18.3 Å². The van der Waals surface area contributed by atoms with Gasteiger partial charge in [-0.15, -0.1) is 0 Å². The second kappa shape index (κ2) is 4.76. The Balaban J connectivity index is 2.35. The number of fused-ring (bicyclic) bond motifs is 1. The number of nitriles is 1. The molecule has 0 aliphatic carbocycles. The van der Waals surface area contributed by atoms with Gasteiger partial charge in [0.1, 0.15) is 0 Å². The number of rotatable bonds is 2. The fourth-order valence-electron chi connectivity index (χ4n) is 2.40. The van der Waals surface area contributed by atoms with Gasteiger partial charge >= 0.3 is 0 Å². The van der Waals surface area contributed by atoms with Gasteiger partial charge in [0.05, 0.1) is 22.0 Å². The molecule has 0 saturated heterocycles. The van der Waals surface area contributed by atoms with Crippen molar-refractivity contribution in [2.45, 2.75) is 11.8 Å². The van der Waals surface area contributed by atoms with Crippen LogP contribution in [-0.4, -0.2) is 12.4 Å². The minimum atomic E-state index is -3.67. The average Bonchev–Trinajstić information content (AvgIpc) is 2.83. The highest BCUT2D eigenvalue weighted by Crippen LogP contribution is 2.26. The third-order valence-electron chi connectivity index (χ3n) is 3.34. The Morgan fingerprint density at radius 2 is 1.76 bits per heavy atom. The van der Waals surface area contributed by atoms with Gasteiger partial charge in [-0.2, -0.15) is 5.26 Å². The predicted octanol–water partition coefficient (Wildman–Crippen LogP) is 3.06. The molecule has 0 radical (unpaired) electrons. The molecule has 0 N–H and O–H groups in total. The van der Waals surface area contributed by atoms with E-state index in [4.69, 9.17) is 5.26 Å². The fourth-order valence-corrected chi connectivity index (χ4v) is 3.96. The Morgan fingerprint density at radius 1 is 1.05 bits per heavy atom. The Labute approximate surface area is 122 Å². The zero-order valence-corrected chi connectivity index (χ0v) is 12.1. The zero-order chi connectivity index (χ0) is 15.0. The lowest BCUT2D eigenvalue weighted by Gasteiger charge is -2.10. The maximum Gasteiger partial charge on any atom is 0.268 e. The van der Waals surface area contributed by atoms with Crippen LogP contribution < -0.4 is 0 Å². The Morgan fingerprint density at radius 3 is 2.43 bits per heavy atom. The van der Waals surface area contributed by atoms with Crippen molar-refractivity contribution in [2.24, 2.45) is 0 Å². The lowest BCUT2D eigenvalue weighted by atomic mass is 10.2. The maximum absolute atomic E-state index is 12.8. The molecule has 1 heterocycles. The molecular weight excluding hydrogens is 284 g/mol. The van der Waals surface area contributed by atoms with Gasteiger partial charge in [0, 0.05) is 11.1 Å². The van der Waals surface area contributed by atoms with Gasteiger partial charge in [-0.25, -0.2) is 12.4 Å². The van der Waals surface area contributed by atoms with E-state index in [0.717, 1.165) is 5.39 Å². The topological polar surface area (TPSA) is 62.9 Å². The second-order valence-electron chi connectivity index (χ2n) is 4.75. The van der Waals surface area contributed by atoms with E-state index in [1.165, 1.54) is 3.97 Å².